The molecule has 17 heavy (non-hydrogen) atoms. The molecular formula is C12H23N3O2. The Labute approximate surface area is 103 Å². The average molecular weight is 241 g/mol. The van der Waals surface area contributed by atoms with Crippen LogP contribution in [0.4, 0.5) is 0 Å². The summed E-state index contributed by atoms with van der Waals surface area (Å²) in [6.45, 7) is 8.13. The molecule has 0 saturated heterocycles. The van der Waals surface area contributed by atoms with Crippen molar-refractivity contribution in [1.29, 1.82) is 0 Å². The predicted octanol–water partition coefficient (Wildman–Crippen LogP) is 2.39. The lowest BCUT2D eigenvalue weighted by Crippen LogP contribution is -2.25. The molecule has 1 aromatic rings. The van der Waals surface area contributed by atoms with Crippen molar-refractivity contribution >= 4 is 0 Å². The van der Waals surface area contributed by atoms with Gasteiger partial charge in [0.15, 0.2) is 0 Å². The largest absolute Gasteiger partial charge is 0.370 e. The molecule has 0 amide bonds. The Kier molecular flexibility index (Phi) is 4.65. The zero-order valence-corrected chi connectivity index (χ0v) is 11.4. The Balaban J connectivity index is 2.91. The van der Waals surface area contributed by atoms with Gasteiger partial charge in [-0.3, -0.25) is 0 Å². The minimum atomic E-state index is -0.503. The molecule has 0 spiro atoms. The predicted molar refractivity (Wildman–Crippen MR) is 65.3 cm³/mol. The summed E-state index contributed by atoms with van der Waals surface area (Å²) in [4.78, 5) is 4.37. The van der Waals surface area contributed by atoms with Crippen molar-refractivity contribution in [3.05, 3.63) is 11.7 Å². The maximum atomic E-state index is 6.05. The fourth-order valence-electron chi connectivity index (χ4n) is 1.48. The summed E-state index contributed by atoms with van der Waals surface area (Å²) >= 11 is 0. The third-order valence-electron chi connectivity index (χ3n) is 3.58. The van der Waals surface area contributed by atoms with Crippen LogP contribution in [0.25, 0.3) is 0 Å². The number of aromatic nitrogens is 2. The number of ether oxygens (including phenoxy) is 1. The topological polar surface area (TPSA) is 74.2 Å². The van der Waals surface area contributed by atoms with Crippen molar-refractivity contribution in [2.45, 2.75) is 52.2 Å². The van der Waals surface area contributed by atoms with Gasteiger partial charge in [-0.1, -0.05) is 32.3 Å². The van der Waals surface area contributed by atoms with Crippen LogP contribution in [0, 0.1) is 5.92 Å². The van der Waals surface area contributed by atoms with Gasteiger partial charge in [-0.25, -0.2) is 0 Å². The van der Waals surface area contributed by atoms with Crippen LogP contribution in [0.1, 0.15) is 58.3 Å². The normalized spacial score (nSPS) is 18.7. The van der Waals surface area contributed by atoms with Gasteiger partial charge in [0.1, 0.15) is 5.60 Å². The van der Waals surface area contributed by atoms with Gasteiger partial charge in [-0.2, -0.15) is 4.98 Å². The first-order valence-corrected chi connectivity index (χ1v) is 6.13. The molecule has 0 saturated carbocycles. The number of nitrogens with zero attached hydrogens (tertiary/aromatic N) is 2. The number of hydrogen-bond acceptors (Lipinski definition) is 5. The van der Waals surface area contributed by atoms with Crippen molar-refractivity contribution in [2.24, 2.45) is 11.7 Å². The molecule has 1 rings (SSSR count). The summed E-state index contributed by atoms with van der Waals surface area (Å²) in [5.41, 5.74) is 5.55. The smallest absolute Gasteiger partial charge is 0.243 e. The number of nitrogens with two attached hydrogens (primary N) is 1. The summed E-state index contributed by atoms with van der Waals surface area (Å²) in [5, 5.41) is 3.98. The Hall–Kier alpha value is -0.940. The van der Waals surface area contributed by atoms with E-state index in [4.69, 9.17) is 15.0 Å². The highest BCUT2D eigenvalue weighted by Gasteiger charge is 2.31. The zero-order chi connectivity index (χ0) is 13.1. The standard InChI is InChI=1S/C12H23N3O2/c1-6-8(3)9(13)10-14-11(15-17-10)12(4,7-2)16-5/h8-9H,6-7,13H2,1-5H3. The molecule has 2 N–H and O–H groups in total. The van der Waals surface area contributed by atoms with E-state index in [1.54, 1.807) is 7.11 Å². The Bertz CT molecular complexity index is 347. The van der Waals surface area contributed by atoms with Crippen LogP contribution in [-0.4, -0.2) is 17.3 Å². The lowest BCUT2D eigenvalue weighted by atomic mass is 10.00. The van der Waals surface area contributed by atoms with Gasteiger partial charge in [0.25, 0.3) is 0 Å². The van der Waals surface area contributed by atoms with Crippen LogP contribution in [0.15, 0.2) is 4.52 Å². The molecule has 0 aliphatic carbocycles. The van der Waals surface area contributed by atoms with Gasteiger partial charge in [0, 0.05) is 7.11 Å². The van der Waals surface area contributed by atoms with E-state index in [1.165, 1.54) is 0 Å². The molecule has 1 heterocycles. The summed E-state index contributed by atoms with van der Waals surface area (Å²) in [7, 11) is 1.65. The van der Waals surface area contributed by atoms with Crippen LogP contribution in [0.3, 0.4) is 0 Å². The van der Waals surface area contributed by atoms with Crippen LogP contribution in [-0.2, 0) is 10.3 Å². The van der Waals surface area contributed by atoms with E-state index < -0.39 is 5.60 Å². The molecule has 98 valence electrons. The molecule has 0 aliphatic heterocycles. The van der Waals surface area contributed by atoms with Crippen molar-refractivity contribution in [3.63, 3.8) is 0 Å². The second-order valence-corrected chi connectivity index (χ2v) is 4.66. The first-order valence-electron chi connectivity index (χ1n) is 6.13. The molecule has 0 aliphatic rings. The fraction of sp³-hybridized carbons (Fsp3) is 0.833. The maximum absolute atomic E-state index is 6.05. The van der Waals surface area contributed by atoms with Crippen LogP contribution in [0.2, 0.25) is 0 Å². The first kappa shape index (κ1) is 14.1. The molecular weight excluding hydrogens is 218 g/mol. The van der Waals surface area contributed by atoms with Crippen molar-refractivity contribution < 1.29 is 9.26 Å². The molecule has 0 bridgehead atoms. The van der Waals surface area contributed by atoms with Crippen LogP contribution in [0.5, 0.6) is 0 Å². The number of methoxy groups -OCH3 is 1. The van der Waals surface area contributed by atoms with E-state index in [2.05, 4.69) is 24.0 Å². The third-order valence-corrected chi connectivity index (χ3v) is 3.58. The van der Waals surface area contributed by atoms with Crippen LogP contribution < -0.4 is 5.73 Å². The Morgan fingerprint density at radius 1 is 1.47 bits per heavy atom. The monoisotopic (exact) mass is 241 g/mol. The van der Waals surface area contributed by atoms with Gasteiger partial charge in [-0.05, 0) is 19.3 Å². The second kappa shape index (κ2) is 5.60. The highest BCUT2D eigenvalue weighted by Crippen LogP contribution is 2.28. The fourth-order valence-corrected chi connectivity index (χ4v) is 1.48. The van der Waals surface area contributed by atoms with Gasteiger partial charge >= 0.3 is 0 Å². The molecule has 5 nitrogen and oxygen atoms in total. The van der Waals surface area contributed by atoms with Gasteiger partial charge in [-0.15, -0.1) is 0 Å². The highest BCUT2D eigenvalue weighted by molar-refractivity contribution is 5.01. The molecule has 0 radical (unpaired) electrons. The van der Waals surface area contributed by atoms with E-state index in [0.717, 1.165) is 12.8 Å². The molecule has 1 aromatic heterocycles. The van der Waals surface area contributed by atoms with Gasteiger partial charge in [0.05, 0.1) is 6.04 Å². The molecule has 3 atom stereocenters. The molecule has 5 heteroatoms. The van der Waals surface area contributed by atoms with E-state index in [-0.39, 0.29) is 6.04 Å². The lowest BCUT2D eigenvalue weighted by Gasteiger charge is -2.22. The quantitative estimate of drug-likeness (QED) is 0.827. The number of rotatable bonds is 6. The second-order valence-electron chi connectivity index (χ2n) is 4.66. The summed E-state index contributed by atoms with van der Waals surface area (Å²) < 4.78 is 10.7. The minimum absolute atomic E-state index is 0.209. The third kappa shape index (κ3) is 2.84. The lowest BCUT2D eigenvalue weighted by molar-refractivity contribution is -0.0106. The van der Waals surface area contributed by atoms with E-state index in [1.807, 2.05) is 13.8 Å². The SMILES string of the molecule is CCC(C)C(N)c1nc(C(C)(CC)OC)no1. The van der Waals surface area contributed by atoms with E-state index >= 15 is 0 Å². The van der Waals surface area contributed by atoms with Crippen molar-refractivity contribution in [1.82, 2.24) is 10.1 Å². The summed E-state index contributed by atoms with van der Waals surface area (Å²) in [5.74, 6) is 1.38. The summed E-state index contributed by atoms with van der Waals surface area (Å²) in [6.07, 6.45) is 1.76. The van der Waals surface area contributed by atoms with Crippen molar-refractivity contribution in [3.8, 4) is 0 Å². The van der Waals surface area contributed by atoms with E-state index in [0.29, 0.717) is 17.6 Å². The molecule has 3 unspecified atom stereocenters. The van der Waals surface area contributed by atoms with E-state index in [9.17, 15) is 0 Å². The zero-order valence-electron chi connectivity index (χ0n) is 11.4. The Morgan fingerprint density at radius 3 is 2.59 bits per heavy atom. The number of hydrogen-bond donors (Lipinski definition) is 1. The van der Waals surface area contributed by atoms with Crippen molar-refractivity contribution in [2.75, 3.05) is 7.11 Å². The maximum Gasteiger partial charge on any atom is 0.243 e. The van der Waals surface area contributed by atoms with Gasteiger partial charge in [0.2, 0.25) is 11.7 Å². The van der Waals surface area contributed by atoms with Crippen LogP contribution >= 0.6 is 0 Å². The minimum Gasteiger partial charge on any atom is -0.370 e. The average Bonchev–Trinajstić information content (AvgIpc) is 2.85. The summed E-state index contributed by atoms with van der Waals surface area (Å²) in [6, 6.07) is -0.209. The molecule has 0 aromatic carbocycles. The first-order chi connectivity index (χ1) is 7.98. The molecule has 0 fully saturated rings. The van der Waals surface area contributed by atoms with Gasteiger partial charge < -0.3 is 15.0 Å². The Morgan fingerprint density at radius 2 is 2.12 bits per heavy atom. The highest BCUT2D eigenvalue weighted by atomic mass is 16.5.